The number of hydrogen-bond acceptors (Lipinski definition) is 3. The van der Waals surface area contributed by atoms with Gasteiger partial charge in [0.2, 0.25) is 6.29 Å². The smallest absolute Gasteiger partial charge is 0.450 e. The van der Waals surface area contributed by atoms with Crippen molar-refractivity contribution in [2.75, 3.05) is 0 Å². The summed E-state index contributed by atoms with van der Waals surface area (Å²) in [6, 6.07) is 0. The highest BCUT2D eigenvalue weighted by atomic mass is 16.8. The number of hydrogen-bond donors (Lipinski definition) is 1. The van der Waals surface area contributed by atoms with Gasteiger partial charge in [0, 0.05) is 5.92 Å². The summed E-state index contributed by atoms with van der Waals surface area (Å²) in [5, 5.41) is 8.82. The van der Waals surface area contributed by atoms with Crippen LogP contribution < -0.4 is 0 Å². The topological polar surface area (TPSA) is 55.8 Å². The number of carboxylic acid groups (broad SMARTS) is 1. The molecule has 4 heteroatoms. The molecule has 18 heavy (non-hydrogen) atoms. The van der Waals surface area contributed by atoms with Gasteiger partial charge in [0.25, 0.3) is 0 Å². The van der Waals surface area contributed by atoms with Crippen LogP contribution >= 0.6 is 0 Å². The van der Waals surface area contributed by atoms with Gasteiger partial charge in [-0.25, -0.2) is 4.79 Å². The lowest BCUT2D eigenvalue weighted by molar-refractivity contribution is -0.206. The van der Waals surface area contributed by atoms with E-state index in [-0.39, 0.29) is 11.5 Å². The van der Waals surface area contributed by atoms with Crippen LogP contribution in [-0.2, 0) is 9.47 Å². The third-order valence-corrected chi connectivity index (χ3v) is 3.34. The second-order valence-corrected chi connectivity index (χ2v) is 5.29. The Bertz CT molecular complexity index is 238. The molecule has 1 N–H and O–H groups in total. The fraction of sp³-hybridized carbons (Fsp3) is 0.929. The summed E-state index contributed by atoms with van der Waals surface area (Å²) in [5.74, 6) is 0.131. The number of unbranched alkanes of at least 4 members (excludes halogenated alkanes) is 1. The molecule has 0 radical (unpaired) electrons. The molecule has 0 rings (SSSR count). The molecule has 0 saturated carbocycles. The number of ether oxygens (including phenoxy) is 2. The Morgan fingerprint density at radius 2 is 1.89 bits per heavy atom. The van der Waals surface area contributed by atoms with Crippen LogP contribution in [0.1, 0.15) is 66.7 Å². The first-order chi connectivity index (χ1) is 8.36. The zero-order chi connectivity index (χ0) is 14.2. The molecular formula is C14H28O4. The lowest BCUT2D eigenvalue weighted by Gasteiger charge is -2.33. The van der Waals surface area contributed by atoms with E-state index in [2.05, 4.69) is 6.92 Å². The van der Waals surface area contributed by atoms with E-state index in [9.17, 15) is 4.79 Å². The van der Waals surface area contributed by atoms with Gasteiger partial charge in [-0.15, -0.1) is 0 Å². The van der Waals surface area contributed by atoms with Gasteiger partial charge in [0.05, 0.1) is 5.60 Å². The largest absolute Gasteiger partial charge is 0.508 e. The van der Waals surface area contributed by atoms with Gasteiger partial charge >= 0.3 is 6.16 Å². The molecule has 0 aliphatic carbocycles. The van der Waals surface area contributed by atoms with E-state index in [0.29, 0.717) is 0 Å². The van der Waals surface area contributed by atoms with Crippen molar-refractivity contribution in [3.05, 3.63) is 0 Å². The second kappa shape index (κ2) is 8.35. The van der Waals surface area contributed by atoms with Gasteiger partial charge in [-0.2, -0.15) is 0 Å². The zero-order valence-corrected chi connectivity index (χ0v) is 12.4. The Hall–Kier alpha value is -0.770. The molecule has 2 atom stereocenters. The second-order valence-electron chi connectivity index (χ2n) is 5.29. The molecule has 2 unspecified atom stereocenters. The Labute approximate surface area is 111 Å². The van der Waals surface area contributed by atoms with Crippen LogP contribution in [0.4, 0.5) is 4.79 Å². The van der Waals surface area contributed by atoms with Crippen LogP contribution in [-0.4, -0.2) is 23.2 Å². The highest BCUT2D eigenvalue weighted by molar-refractivity contribution is 5.56. The number of carbonyl (C=O) groups is 1. The molecule has 0 aliphatic heterocycles. The minimum atomic E-state index is -1.26. The summed E-state index contributed by atoms with van der Waals surface area (Å²) in [6.07, 6.45) is 2.84. The number of rotatable bonds is 9. The van der Waals surface area contributed by atoms with Gasteiger partial charge in [0.1, 0.15) is 0 Å². The molecule has 0 aromatic heterocycles. The summed E-state index contributed by atoms with van der Waals surface area (Å²) in [4.78, 5) is 10.8. The van der Waals surface area contributed by atoms with E-state index in [0.717, 1.165) is 32.1 Å². The quantitative estimate of drug-likeness (QED) is 0.492. The van der Waals surface area contributed by atoms with Crippen LogP contribution in [0.2, 0.25) is 0 Å². The van der Waals surface area contributed by atoms with E-state index >= 15 is 0 Å². The van der Waals surface area contributed by atoms with Gasteiger partial charge in [0.15, 0.2) is 0 Å². The first-order valence-corrected chi connectivity index (χ1v) is 6.93. The van der Waals surface area contributed by atoms with Crippen LogP contribution in [0.3, 0.4) is 0 Å². The van der Waals surface area contributed by atoms with Gasteiger partial charge in [-0.05, 0) is 33.1 Å². The Balaban J connectivity index is 4.66. The van der Waals surface area contributed by atoms with E-state index in [4.69, 9.17) is 14.6 Å². The van der Waals surface area contributed by atoms with E-state index < -0.39 is 12.4 Å². The molecule has 108 valence electrons. The lowest BCUT2D eigenvalue weighted by Crippen LogP contribution is -2.37. The van der Waals surface area contributed by atoms with Crippen LogP contribution in [0, 0.1) is 5.92 Å². The molecule has 0 aliphatic rings. The molecule has 0 saturated heterocycles. The minimum absolute atomic E-state index is 0.131. The Morgan fingerprint density at radius 3 is 2.28 bits per heavy atom. The van der Waals surface area contributed by atoms with Gasteiger partial charge in [-0.1, -0.05) is 33.6 Å². The molecule has 0 aromatic rings. The van der Waals surface area contributed by atoms with Crippen molar-refractivity contribution in [2.45, 2.75) is 78.6 Å². The molecule has 0 amide bonds. The predicted molar refractivity (Wildman–Crippen MR) is 71.7 cm³/mol. The Kier molecular flexibility index (Phi) is 8.00. The molecule has 0 bridgehead atoms. The molecule has 0 aromatic carbocycles. The SMILES string of the molecule is CCCCC(CC)C(OC(=O)O)OC(C)(C)CC. The molecule has 0 fully saturated rings. The summed E-state index contributed by atoms with van der Waals surface area (Å²) in [6.45, 7) is 10.1. The van der Waals surface area contributed by atoms with Crippen molar-refractivity contribution in [1.82, 2.24) is 0 Å². The Morgan fingerprint density at radius 1 is 1.28 bits per heavy atom. The van der Waals surface area contributed by atoms with E-state index in [1.165, 1.54) is 0 Å². The fourth-order valence-corrected chi connectivity index (χ4v) is 1.71. The standard InChI is InChI=1S/C14H28O4/c1-6-9-10-11(7-2)12(17-13(15)16)18-14(4,5)8-3/h11-12H,6-10H2,1-5H3,(H,15,16). The van der Waals surface area contributed by atoms with E-state index in [1.54, 1.807) is 0 Å². The van der Waals surface area contributed by atoms with Crippen molar-refractivity contribution < 1.29 is 19.4 Å². The van der Waals surface area contributed by atoms with Crippen molar-refractivity contribution in [3.63, 3.8) is 0 Å². The highest BCUT2D eigenvalue weighted by Gasteiger charge is 2.30. The minimum Gasteiger partial charge on any atom is -0.450 e. The zero-order valence-electron chi connectivity index (χ0n) is 12.4. The first-order valence-electron chi connectivity index (χ1n) is 6.93. The lowest BCUT2D eigenvalue weighted by atomic mass is 9.97. The maximum atomic E-state index is 10.8. The summed E-state index contributed by atoms with van der Waals surface area (Å²) in [7, 11) is 0. The summed E-state index contributed by atoms with van der Waals surface area (Å²) < 4.78 is 10.8. The van der Waals surface area contributed by atoms with Crippen LogP contribution in [0.15, 0.2) is 0 Å². The monoisotopic (exact) mass is 260 g/mol. The fourth-order valence-electron chi connectivity index (χ4n) is 1.71. The first kappa shape index (κ1) is 17.2. The van der Waals surface area contributed by atoms with Crippen molar-refractivity contribution in [1.29, 1.82) is 0 Å². The predicted octanol–water partition coefficient (Wildman–Crippen LogP) is 4.43. The van der Waals surface area contributed by atoms with Crippen molar-refractivity contribution in [3.8, 4) is 0 Å². The maximum Gasteiger partial charge on any atom is 0.508 e. The van der Waals surface area contributed by atoms with Crippen molar-refractivity contribution in [2.24, 2.45) is 5.92 Å². The van der Waals surface area contributed by atoms with Gasteiger partial charge in [-0.3, -0.25) is 0 Å². The van der Waals surface area contributed by atoms with Crippen LogP contribution in [0.5, 0.6) is 0 Å². The molecule has 4 nitrogen and oxygen atoms in total. The van der Waals surface area contributed by atoms with Gasteiger partial charge < -0.3 is 14.6 Å². The third-order valence-electron chi connectivity index (χ3n) is 3.34. The summed E-state index contributed by atoms with van der Waals surface area (Å²) >= 11 is 0. The van der Waals surface area contributed by atoms with Crippen molar-refractivity contribution >= 4 is 6.16 Å². The third kappa shape index (κ3) is 6.84. The van der Waals surface area contributed by atoms with E-state index in [1.807, 2.05) is 27.7 Å². The van der Waals surface area contributed by atoms with Crippen LogP contribution in [0.25, 0.3) is 0 Å². The normalized spacial score (nSPS) is 15.2. The highest BCUT2D eigenvalue weighted by Crippen LogP contribution is 2.26. The molecule has 0 heterocycles. The summed E-state index contributed by atoms with van der Waals surface area (Å²) in [5.41, 5.74) is -0.361. The molecular weight excluding hydrogens is 232 g/mol. The molecule has 0 spiro atoms. The average Bonchev–Trinajstić information content (AvgIpc) is 2.28. The average molecular weight is 260 g/mol. The maximum absolute atomic E-state index is 10.8.